The van der Waals surface area contributed by atoms with E-state index in [4.69, 9.17) is 0 Å². The number of hydrogen-bond donors (Lipinski definition) is 2. The van der Waals surface area contributed by atoms with Crippen molar-refractivity contribution >= 4 is 34.5 Å². The minimum Gasteiger partial charge on any atom is -0.326 e. The van der Waals surface area contributed by atoms with E-state index in [9.17, 15) is 9.59 Å². The summed E-state index contributed by atoms with van der Waals surface area (Å²) in [4.78, 5) is 29.3. The highest BCUT2D eigenvalue weighted by Gasteiger charge is 2.17. The molecule has 0 bridgehead atoms. The Labute approximate surface area is 168 Å². The summed E-state index contributed by atoms with van der Waals surface area (Å²) >= 11 is 1.46. The van der Waals surface area contributed by atoms with Crippen LogP contribution in [0.5, 0.6) is 0 Å². The highest BCUT2D eigenvalue weighted by atomic mass is 32.1. The predicted octanol–water partition coefficient (Wildman–Crippen LogP) is 5.45. The number of nitrogens with zero attached hydrogens (tertiary/aromatic N) is 1. The van der Waals surface area contributed by atoms with Crippen molar-refractivity contribution in [2.24, 2.45) is 0 Å². The van der Waals surface area contributed by atoms with Gasteiger partial charge in [0, 0.05) is 28.7 Å². The minimum atomic E-state index is -0.227. The lowest BCUT2D eigenvalue weighted by Gasteiger charge is -2.08. The first-order chi connectivity index (χ1) is 13.3. The van der Waals surface area contributed by atoms with E-state index in [0.717, 1.165) is 21.1 Å². The summed E-state index contributed by atoms with van der Waals surface area (Å²) in [6, 6.07) is 15.3. The van der Waals surface area contributed by atoms with Crippen LogP contribution in [0.1, 0.15) is 47.6 Å². The van der Waals surface area contributed by atoms with Gasteiger partial charge in [0.25, 0.3) is 5.91 Å². The molecule has 144 valence electrons. The van der Waals surface area contributed by atoms with Gasteiger partial charge in [-0.2, -0.15) is 0 Å². The van der Waals surface area contributed by atoms with Crippen LogP contribution in [0.15, 0.2) is 48.5 Å². The fraction of sp³-hybridized carbons (Fsp3) is 0.227. The van der Waals surface area contributed by atoms with Gasteiger partial charge in [0.15, 0.2) is 0 Å². The smallest absolute Gasteiger partial charge is 0.275 e. The van der Waals surface area contributed by atoms with E-state index < -0.39 is 0 Å². The third-order valence-electron chi connectivity index (χ3n) is 4.28. The molecule has 0 aliphatic carbocycles. The van der Waals surface area contributed by atoms with E-state index in [2.05, 4.69) is 29.5 Å². The van der Waals surface area contributed by atoms with Crippen molar-refractivity contribution in [2.75, 3.05) is 10.6 Å². The molecule has 5 nitrogen and oxygen atoms in total. The topological polar surface area (TPSA) is 71.1 Å². The third kappa shape index (κ3) is 4.64. The van der Waals surface area contributed by atoms with E-state index in [1.807, 2.05) is 55.5 Å². The number of carbonyl (C=O) groups is 2. The fourth-order valence-electron chi connectivity index (χ4n) is 2.81. The van der Waals surface area contributed by atoms with Crippen LogP contribution in [0.2, 0.25) is 0 Å². The van der Waals surface area contributed by atoms with E-state index in [-0.39, 0.29) is 11.8 Å². The number of amides is 2. The Hall–Kier alpha value is -2.99. The molecular weight excluding hydrogens is 370 g/mol. The lowest BCUT2D eigenvalue weighted by molar-refractivity contribution is -0.114. The molecule has 28 heavy (non-hydrogen) atoms. The van der Waals surface area contributed by atoms with Crippen LogP contribution >= 0.6 is 11.3 Å². The molecule has 0 saturated carbocycles. The monoisotopic (exact) mass is 393 g/mol. The number of rotatable bonds is 5. The van der Waals surface area contributed by atoms with Crippen LogP contribution in [0.3, 0.4) is 0 Å². The number of nitrogens with one attached hydrogen (secondary N) is 2. The molecule has 3 rings (SSSR count). The highest BCUT2D eigenvalue weighted by molar-refractivity contribution is 7.15. The largest absolute Gasteiger partial charge is 0.326 e. The number of anilines is 2. The second-order valence-electron chi connectivity index (χ2n) is 6.92. The molecule has 0 fully saturated rings. The fourth-order valence-corrected chi connectivity index (χ4v) is 3.71. The van der Waals surface area contributed by atoms with Gasteiger partial charge in [0.1, 0.15) is 10.7 Å². The van der Waals surface area contributed by atoms with E-state index >= 15 is 0 Å². The average molecular weight is 394 g/mol. The van der Waals surface area contributed by atoms with Crippen molar-refractivity contribution in [2.45, 2.75) is 33.6 Å². The molecule has 0 spiro atoms. The van der Waals surface area contributed by atoms with Crippen LogP contribution in [0.25, 0.3) is 10.6 Å². The van der Waals surface area contributed by atoms with Crippen molar-refractivity contribution < 1.29 is 9.59 Å². The number of aryl methyl sites for hydroxylation is 1. The number of aromatic nitrogens is 1. The molecule has 0 unspecified atom stereocenters. The SMILES string of the molecule is CC(=O)Nc1cccc(-c2nc(C(=O)Nc3ccc(C(C)C)cc3)c(C)s2)c1. The van der Waals surface area contributed by atoms with Crippen LogP contribution < -0.4 is 10.6 Å². The van der Waals surface area contributed by atoms with Gasteiger partial charge in [-0.1, -0.05) is 38.1 Å². The van der Waals surface area contributed by atoms with E-state index in [1.165, 1.54) is 23.8 Å². The molecule has 2 aromatic carbocycles. The summed E-state index contributed by atoms with van der Waals surface area (Å²) in [5.74, 6) is 0.0904. The van der Waals surface area contributed by atoms with Crippen molar-refractivity contribution in [1.29, 1.82) is 0 Å². The molecule has 0 aliphatic rings. The van der Waals surface area contributed by atoms with Gasteiger partial charge in [0.2, 0.25) is 5.91 Å². The van der Waals surface area contributed by atoms with Gasteiger partial charge in [-0.3, -0.25) is 9.59 Å². The number of benzene rings is 2. The van der Waals surface area contributed by atoms with Crippen LogP contribution in [0, 0.1) is 6.92 Å². The summed E-state index contributed by atoms with van der Waals surface area (Å²) in [7, 11) is 0. The summed E-state index contributed by atoms with van der Waals surface area (Å²) in [5, 5.41) is 6.42. The second-order valence-corrected chi connectivity index (χ2v) is 8.12. The summed E-state index contributed by atoms with van der Waals surface area (Å²) in [6.07, 6.45) is 0. The standard InChI is InChI=1S/C22H23N3O2S/c1-13(2)16-8-10-18(11-9-16)24-21(27)20-14(3)28-22(25-20)17-6-5-7-19(12-17)23-15(4)26/h5-13H,1-4H3,(H,23,26)(H,24,27). The Morgan fingerprint density at radius 1 is 1.00 bits per heavy atom. The number of hydrogen-bond acceptors (Lipinski definition) is 4. The quantitative estimate of drug-likeness (QED) is 0.605. The molecule has 2 amide bonds. The summed E-state index contributed by atoms with van der Waals surface area (Å²) in [5.41, 5.74) is 3.95. The highest BCUT2D eigenvalue weighted by Crippen LogP contribution is 2.30. The Morgan fingerprint density at radius 2 is 1.71 bits per heavy atom. The lowest BCUT2D eigenvalue weighted by Crippen LogP contribution is -2.13. The summed E-state index contributed by atoms with van der Waals surface area (Å²) in [6.45, 7) is 7.62. The van der Waals surface area contributed by atoms with Gasteiger partial charge in [-0.05, 0) is 42.7 Å². The molecule has 0 atom stereocenters. The van der Waals surface area contributed by atoms with Crippen molar-refractivity contribution in [3.63, 3.8) is 0 Å². The molecule has 6 heteroatoms. The van der Waals surface area contributed by atoms with Crippen LogP contribution in [-0.2, 0) is 4.79 Å². The molecular formula is C22H23N3O2S. The average Bonchev–Trinajstić information content (AvgIpc) is 3.04. The van der Waals surface area contributed by atoms with Gasteiger partial charge in [0.05, 0.1) is 0 Å². The van der Waals surface area contributed by atoms with Gasteiger partial charge in [-0.25, -0.2) is 4.98 Å². The summed E-state index contributed by atoms with van der Waals surface area (Å²) < 4.78 is 0. The first kappa shape index (κ1) is 19.8. The zero-order valence-corrected chi connectivity index (χ0v) is 17.2. The molecule has 2 N–H and O–H groups in total. The van der Waals surface area contributed by atoms with Gasteiger partial charge >= 0.3 is 0 Å². The number of thiazole rings is 1. The third-order valence-corrected chi connectivity index (χ3v) is 5.30. The van der Waals surface area contributed by atoms with Crippen molar-refractivity contribution in [3.05, 3.63) is 64.7 Å². The zero-order chi connectivity index (χ0) is 20.3. The maximum absolute atomic E-state index is 12.7. The maximum atomic E-state index is 12.7. The Balaban J connectivity index is 1.80. The first-order valence-electron chi connectivity index (χ1n) is 9.10. The van der Waals surface area contributed by atoms with Gasteiger partial charge in [-0.15, -0.1) is 11.3 Å². The van der Waals surface area contributed by atoms with Crippen LogP contribution in [0.4, 0.5) is 11.4 Å². The Bertz CT molecular complexity index is 1010. The van der Waals surface area contributed by atoms with Crippen LogP contribution in [-0.4, -0.2) is 16.8 Å². The zero-order valence-electron chi connectivity index (χ0n) is 16.4. The van der Waals surface area contributed by atoms with Crippen molar-refractivity contribution in [3.8, 4) is 10.6 Å². The molecule has 1 aromatic heterocycles. The van der Waals surface area contributed by atoms with E-state index in [1.54, 1.807) is 0 Å². The maximum Gasteiger partial charge on any atom is 0.275 e. The Morgan fingerprint density at radius 3 is 2.36 bits per heavy atom. The molecule has 3 aromatic rings. The van der Waals surface area contributed by atoms with Crippen molar-refractivity contribution in [1.82, 2.24) is 4.98 Å². The normalized spacial score (nSPS) is 10.8. The predicted molar refractivity (Wildman–Crippen MR) is 115 cm³/mol. The molecule has 0 radical (unpaired) electrons. The van der Waals surface area contributed by atoms with E-state index in [0.29, 0.717) is 17.3 Å². The Kier molecular flexibility index (Phi) is 5.90. The minimum absolute atomic E-state index is 0.129. The molecule has 1 heterocycles. The lowest BCUT2D eigenvalue weighted by atomic mass is 10.0. The second kappa shape index (κ2) is 8.35. The first-order valence-corrected chi connectivity index (χ1v) is 9.92. The van der Waals surface area contributed by atoms with Gasteiger partial charge < -0.3 is 10.6 Å². The molecule has 0 saturated heterocycles. The number of carbonyl (C=O) groups excluding carboxylic acids is 2. The molecule has 0 aliphatic heterocycles.